The number of hydrogen-bond acceptors (Lipinski definition) is 0. The molecule has 0 atom stereocenters. The van der Waals surface area contributed by atoms with Gasteiger partial charge in [0.2, 0.25) is 0 Å². The second-order valence-corrected chi connectivity index (χ2v) is 3.13. The Kier molecular flexibility index (Phi) is 2.32. The van der Waals surface area contributed by atoms with Crippen LogP contribution < -0.4 is 0 Å². The molecule has 72 valence electrons. The molecular weight excluding hydrogens is 222 g/mol. The van der Waals surface area contributed by atoms with Gasteiger partial charge in [0.1, 0.15) is 0 Å². The summed E-state index contributed by atoms with van der Waals surface area (Å²) >= 11 is 0. The van der Waals surface area contributed by atoms with E-state index in [0.717, 1.165) is 5.52 Å². The van der Waals surface area contributed by atoms with Crippen LogP contribution >= 0.6 is 0 Å². The first-order valence-electron chi connectivity index (χ1n) is 4.32. The van der Waals surface area contributed by atoms with Crippen molar-refractivity contribution < 1.29 is 17.1 Å². The third-order valence-electron chi connectivity index (χ3n) is 2.33. The van der Waals surface area contributed by atoms with E-state index in [9.17, 15) is 0 Å². The van der Waals surface area contributed by atoms with Crippen molar-refractivity contribution in [1.82, 2.24) is 4.98 Å². The van der Waals surface area contributed by atoms with E-state index < -0.39 is 0 Å². The van der Waals surface area contributed by atoms with Gasteiger partial charge in [0.15, 0.2) is 0 Å². The van der Waals surface area contributed by atoms with Gasteiger partial charge < -0.3 is 4.98 Å². The van der Waals surface area contributed by atoms with E-state index in [2.05, 4.69) is 35.3 Å². The van der Waals surface area contributed by atoms with Crippen molar-refractivity contribution in [2.24, 2.45) is 0 Å². The standard InChI is InChI=1S/C12H8N.Cu/c1-3-7-11-9(5-1)10-6-2-4-8-12(10)13-11;/h1-7,13H;. The quantitative estimate of drug-likeness (QED) is 0.571. The number of H-pyrrole nitrogens is 1. The molecule has 1 N–H and O–H groups in total. The summed E-state index contributed by atoms with van der Waals surface area (Å²) in [5, 5.41) is 2.52. The molecule has 0 fully saturated rings. The SMILES string of the molecule is [Cu].[c]1cccc2c1[nH]c1ccccc12. The zero-order chi connectivity index (χ0) is 8.67. The van der Waals surface area contributed by atoms with E-state index in [4.69, 9.17) is 0 Å². The maximum absolute atomic E-state index is 3.32. The van der Waals surface area contributed by atoms with Crippen molar-refractivity contribution in [3.05, 3.63) is 48.5 Å². The van der Waals surface area contributed by atoms with Crippen molar-refractivity contribution in [2.75, 3.05) is 0 Å². The molecule has 0 aliphatic rings. The van der Waals surface area contributed by atoms with Crippen LogP contribution in [0.3, 0.4) is 0 Å². The summed E-state index contributed by atoms with van der Waals surface area (Å²) < 4.78 is 0. The summed E-state index contributed by atoms with van der Waals surface area (Å²) in [6.45, 7) is 0. The second-order valence-electron chi connectivity index (χ2n) is 3.13. The molecule has 1 heterocycles. The van der Waals surface area contributed by atoms with Gasteiger partial charge in [-0.25, -0.2) is 0 Å². The Hall–Kier alpha value is -1.24. The number of hydrogen-bond donors (Lipinski definition) is 1. The maximum Gasteiger partial charge on any atom is 0.0545 e. The zero-order valence-corrected chi connectivity index (χ0v) is 8.28. The minimum absolute atomic E-state index is 0. The fourth-order valence-electron chi connectivity index (χ4n) is 1.73. The number of benzene rings is 2. The third kappa shape index (κ3) is 1.24. The summed E-state index contributed by atoms with van der Waals surface area (Å²) in [6.07, 6.45) is 0. The van der Waals surface area contributed by atoms with Gasteiger partial charge >= 0.3 is 0 Å². The second kappa shape index (κ2) is 3.49. The summed E-state index contributed by atoms with van der Waals surface area (Å²) in [7, 11) is 0. The minimum Gasteiger partial charge on any atom is -0.354 e. The van der Waals surface area contributed by atoms with Gasteiger partial charge in [-0.15, -0.1) is 0 Å². The van der Waals surface area contributed by atoms with E-state index in [1.54, 1.807) is 0 Å². The number of fused-ring (bicyclic) bond motifs is 3. The molecule has 2 heteroatoms. The number of nitrogens with one attached hydrogen (secondary N) is 1. The largest absolute Gasteiger partial charge is 0.354 e. The molecule has 0 aliphatic heterocycles. The van der Waals surface area contributed by atoms with Crippen molar-refractivity contribution in [3.8, 4) is 0 Å². The van der Waals surface area contributed by atoms with E-state index in [1.807, 2.05) is 18.2 Å². The molecule has 0 saturated heterocycles. The normalized spacial score (nSPS) is 10.3. The molecule has 2 radical (unpaired) electrons. The van der Waals surface area contributed by atoms with Gasteiger partial charge in [-0.2, -0.15) is 0 Å². The Morgan fingerprint density at radius 1 is 0.929 bits per heavy atom. The predicted octanol–water partition coefficient (Wildman–Crippen LogP) is 3.12. The molecule has 3 rings (SSSR count). The molecule has 0 bridgehead atoms. The van der Waals surface area contributed by atoms with Gasteiger partial charge in [-0.1, -0.05) is 36.4 Å². The molecule has 0 amide bonds. The average Bonchev–Trinajstić information content (AvgIpc) is 2.56. The van der Waals surface area contributed by atoms with Crippen LogP contribution in [0.25, 0.3) is 21.8 Å². The topological polar surface area (TPSA) is 15.8 Å². The van der Waals surface area contributed by atoms with Gasteiger partial charge in [0.05, 0.1) is 5.52 Å². The smallest absolute Gasteiger partial charge is 0.0545 e. The van der Waals surface area contributed by atoms with Crippen LogP contribution in [0.2, 0.25) is 0 Å². The Bertz CT molecular complexity index is 518. The van der Waals surface area contributed by atoms with Gasteiger partial charge in [0.25, 0.3) is 0 Å². The van der Waals surface area contributed by atoms with E-state index in [-0.39, 0.29) is 17.1 Å². The van der Waals surface area contributed by atoms with Crippen LogP contribution in [-0.2, 0) is 17.1 Å². The van der Waals surface area contributed by atoms with E-state index in [0.29, 0.717) is 0 Å². The number of para-hydroxylation sites is 2. The fourth-order valence-corrected chi connectivity index (χ4v) is 1.73. The molecule has 14 heavy (non-hydrogen) atoms. The molecular formula is C12H8CuN. The Balaban J connectivity index is 0.000000750. The Morgan fingerprint density at radius 3 is 2.64 bits per heavy atom. The minimum atomic E-state index is 0. The zero-order valence-electron chi connectivity index (χ0n) is 7.34. The van der Waals surface area contributed by atoms with Gasteiger partial charge in [-0.05, 0) is 6.07 Å². The summed E-state index contributed by atoms with van der Waals surface area (Å²) in [6, 6.07) is 17.6. The third-order valence-corrected chi connectivity index (χ3v) is 2.33. The van der Waals surface area contributed by atoms with Crippen LogP contribution in [-0.4, -0.2) is 4.98 Å². The first-order chi connectivity index (χ1) is 6.45. The van der Waals surface area contributed by atoms with Crippen molar-refractivity contribution in [1.29, 1.82) is 0 Å². The van der Waals surface area contributed by atoms with Crippen LogP contribution in [0.1, 0.15) is 0 Å². The van der Waals surface area contributed by atoms with Crippen LogP contribution in [0, 0.1) is 6.07 Å². The summed E-state index contributed by atoms with van der Waals surface area (Å²) in [5.41, 5.74) is 2.27. The Morgan fingerprint density at radius 2 is 1.71 bits per heavy atom. The van der Waals surface area contributed by atoms with Crippen molar-refractivity contribution in [2.45, 2.75) is 0 Å². The molecule has 1 nitrogen and oxygen atoms in total. The summed E-state index contributed by atoms with van der Waals surface area (Å²) in [4.78, 5) is 3.32. The maximum atomic E-state index is 3.32. The van der Waals surface area contributed by atoms with E-state index >= 15 is 0 Å². The van der Waals surface area contributed by atoms with Crippen molar-refractivity contribution in [3.63, 3.8) is 0 Å². The van der Waals surface area contributed by atoms with Crippen LogP contribution in [0.4, 0.5) is 0 Å². The summed E-state index contributed by atoms with van der Waals surface area (Å²) in [5.74, 6) is 0. The molecule has 3 aromatic rings. The molecule has 0 spiro atoms. The van der Waals surface area contributed by atoms with Crippen LogP contribution in [0.5, 0.6) is 0 Å². The molecule has 1 aromatic heterocycles. The number of aromatic amines is 1. The molecule has 2 aromatic carbocycles. The van der Waals surface area contributed by atoms with Gasteiger partial charge in [-0.3, -0.25) is 0 Å². The molecule has 0 saturated carbocycles. The fraction of sp³-hybridized carbons (Fsp3) is 0. The van der Waals surface area contributed by atoms with Crippen molar-refractivity contribution >= 4 is 21.8 Å². The Labute approximate surface area is 92.6 Å². The predicted molar refractivity (Wildman–Crippen MR) is 54.6 cm³/mol. The van der Waals surface area contributed by atoms with Gasteiger partial charge in [0, 0.05) is 39.4 Å². The molecule has 0 aliphatic carbocycles. The first kappa shape index (κ1) is 9.32. The molecule has 0 unspecified atom stereocenters. The average molecular weight is 230 g/mol. The number of rotatable bonds is 0. The first-order valence-corrected chi connectivity index (χ1v) is 4.32. The van der Waals surface area contributed by atoms with Crippen LogP contribution in [0.15, 0.2) is 42.5 Å². The monoisotopic (exact) mass is 229 g/mol. The number of aromatic nitrogens is 1. The van der Waals surface area contributed by atoms with E-state index in [1.165, 1.54) is 16.3 Å².